The van der Waals surface area contributed by atoms with E-state index in [2.05, 4.69) is 15.9 Å². The highest BCUT2D eigenvalue weighted by Gasteiger charge is 2.13. The SMILES string of the molecule is O=C(Cn1cc(Br)ccc1=O)N(CCO)CCO. The molecule has 0 saturated heterocycles. The maximum absolute atomic E-state index is 11.9. The Morgan fingerprint density at radius 1 is 1.28 bits per heavy atom. The van der Waals surface area contributed by atoms with E-state index in [1.54, 1.807) is 6.07 Å². The number of pyridine rings is 1. The molecule has 0 fully saturated rings. The molecule has 0 saturated carbocycles. The van der Waals surface area contributed by atoms with E-state index in [4.69, 9.17) is 10.2 Å². The molecule has 0 aliphatic rings. The number of hydrogen-bond acceptors (Lipinski definition) is 4. The largest absolute Gasteiger partial charge is 0.395 e. The highest BCUT2D eigenvalue weighted by Crippen LogP contribution is 2.05. The predicted molar refractivity (Wildman–Crippen MR) is 69.2 cm³/mol. The third-order valence-corrected chi connectivity index (χ3v) is 2.81. The summed E-state index contributed by atoms with van der Waals surface area (Å²) in [5.74, 6) is -0.321. The van der Waals surface area contributed by atoms with Crippen LogP contribution in [-0.2, 0) is 11.3 Å². The zero-order chi connectivity index (χ0) is 13.5. The quantitative estimate of drug-likeness (QED) is 0.735. The van der Waals surface area contributed by atoms with E-state index in [-0.39, 0.29) is 44.3 Å². The molecule has 18 heavy (non-hydrogen) atoms. The maximum Gasteiger partial charge on any atom is 0.251 e. The van der Waals surface area contributed by atoms with E-state index >= 15 is 0 Å². The van der Waals surface area contributed by atoms with Crippen molar-refractivity contribution in [2.45, 2.75) is 6.54 Å². The second kappa shape index (κ2) is 7.30. The molecule has 0 spiro atoms. The molecular formula is C11H15BrN2O4. The fourth-order valence-corrected chi connectivity index (χ4v) is 1.85. The van der Waals surface area contributed by atoms with E-state index in [1.807, 2.05) is 0 Å². The van der Waals surface area contributed by atoms with Crippen molar-refractivity contribution in [2.24, 2.45) is 0 Å². The number of hydrogen-bond donors (Lipinski definition) is 2. The van der Waals surface area contributed by atoms with E-state index < -0.39 is 0 Å². The first kappa shape index (κ1) is 14.9. The Bertz CT molecular complexity index is 455. The number of carbonyl (C=O) groups excluding carboxylic acids is 1. The van der Waals surface area contributed by atoms with Crippen molar-refractivity contribution in [2.75, 3.05) is 26.3 Å². The summed E-state index contributed by atoms with van der Waals surface area (Å²) in [4.78, 5) is 24.7. The fourth-order valence-electron chi connectivity index (χ4n) is 1.47. The Balaban J connectivity index is 2.78. The van der Waals surface area contributed by atoms with Gasteiger partial charge in [-0.25, -0.2) is 0 Å². The van der Waals surface area contributed by atoms with Crippen molar-refractivity contribution in [1.82, 2.24) is 9.47 Å². The molecule has 0 atom stereocenters. The number of halogens is 1. The molecule has 2 N–H and O–H groups in total. The molecule has 100 valence electrons. The molecule has 1 amide bonds. The first-order valence-corrected chi connectivity index (χ1v) is 6.23. The number of aromatic nitrogens is 1. The fraction of sp³-hybridized carbons (Fsp3) is 0.455. The summed E-state index contributed by atoms with van der Waals surface area (Å²) < 4.78 is 1.97. The molecule has 1 heterocycles. The molecule has 7 heteroatoms. The van der Waals surface area contributed by atoms with Crippen LogP contribution in [0.5, 0.6) is 0 Å². The number of rotatable bonds is 6. The minimum absolute atomic E-state index is 0.113. The lowest BCUT2D eigenvalue weighted by Gasteiger charge is -2.21. The van der Waals surface area contributed by atoms with Crippen molar-refractivity contribution in [3.63, 3.8) is 0 Å². The van der Waals surface area contributed by atoms with Gasteiger partial charge in [-0.1, -0.05) is 0 Å². The lowest BCUT2D eigenvalue weighted by molar-refractivity contribution is -0.132. The highest BCUT2D eigenvalue weighted by atomic mass is 79.9. The van der Waals surface area contributed by atoms with E-state index in [9.17, 15) is 9.59 Å². The summed E-state index contributed by atoms with van der Waals surface area (Å²) in [5, 5.41) is 17.7. The van der Waals surface area contributed by atoms with E-state index in [0.29, 0.717) is 4.47 Å². The van der Waals surface area contributed by atoms with Gasteiger partial charge in [0.05, 0.1) is 13.2 Å². The van der Waals surface area contributed by atoms with Crippen molar-refractivity contribution in [3.05, 3.63) is 33.2 Å². The van der Waals surface area contributed by atoms with Crippen LogP contribution in [0.15, 0.2) is 27.6 Å². The summed E-state index contributed by atoms with van der Waals surface area (Å²) in [6.07, 6.45) is 1.52. The van der Waals surface area contributed by atoms with Crippen LogP contribution >= 0.6 is 15.9 Å². The molecular weight excluding hydrogens is 304 g/mol. The average molecular weight is 319 g/mol. The first-order valence-electron chi connectivity index (χ1n) is 5.44. The van der Waals surface area contributed by atoms with Crippen molar-refractivity contribution >= 4 is 21.8 Å². The van der Waals surface area contributed by atoms with Gasteiger partial charge in [-0.2, -0.15) is 0 Å². The van der Waals surface area contributed by atoms with Crippen LogP contribution in [0.25, 0.3) is 0 Å². The lowest BCUT2D eigenvalue weighted by atomic mass is 10.4. The van der Waals surface area contributed by atoms with Crippen LogP contribution in [0.3, 0.4) is 0 Å². The molecule has 0 radical (unpaired) electrons. The molecule has 0 aliphatic carbocycles. The average Bonchev–Trinajstić information content (AvgIpc) is 2.33. The Morgan fingerprint density at radius 3 is 2.44 bits per heavy atom. The van der Waals surface area contributed by atoms with Gasteiger partial charge in [-0.15, -0.1) is 0 Å². The number of aliphatic hydroxyl groups is 2. The minimum atomic E-state index is -0.321. The Kier molecular flexibility index (Phi) is 6.03. The normalized spacial score (nSPS) is 10.4. The summed E-state index contributed by atoms with van der Waals surface area (Å²) in [7, 11) is 0. The van der Waals surface area contributed by atoms with Gasteiger partial charge in [0.25, 0.3) is 5.56 Å². The van der Waals surface area contributed by atoms with Gasteiger partial charge in [-0.05, 0) is 22.0 Å². The van der Waals surface area contributed by atoms with E-state index in [0.717, 1.165) is 0 Å². The predicted octanol–water partition coefficient (Wildman–Crippen LogP) is -0.576. The van der Waals surface area contributed by atoms with E-state index in [1.165, 1.54) is 21.7 Å². The maximum atomic E-state index is 11.9. The second-order valence-corrected chi connectivity index (χ2v) is 4.56. The van der Waals surface area contributed by atoms with Gasteiger partial charge in [0, 0.05) is 29.8 Å². The van der Waals surface area contributed by atoms with Crippen molar-refractivity contribution in [3.8, 4) is 0 Å². The summed E-state index contributed by atoms with van der Waals surface area (Å²) in [6, 6.07) is 2.96. The number of nitrogens with zero attached hydrogens (tertiary/aromatic N) is 2. The second-order valence-electron chi connectivity index (χ2n) is 3.64. The number of amides is 1. The molecule has 6 nitrogen and oxygen atoms in total. The topological polar surface area (TPSA) is 82.8 Å². The molecule has 1 rings (SSSR count). The van der Waals surface area contributed by atoms with Gasteiger partial charge in [-0.3, -0.25) is 9.59 Å². The number of aliphatic hydroxyl groups excluding tert-OH is 2. The zero-order valence-electron chi connectivity index (χ0n) is 9.75. The third-order valence-electron chi connectivity index (χ3n) is 2.35. The lowest BCUT2D eigenvalue weighted by Crippen LogP contribution is -2.39. The van der Waals surface area contributed by atoms with Crippen molar-refractivity contribution < 1.29 is 15.0 Å². The van der Waals surface area contributed by atoms with Gasteiger partial charge in [0.15, 0.2) is 0 Å². The first-order chi connectivity index (χ1) is 8.58. The minimum Gasteiger partial charge on any atom is -0.395 e. The Labute approximate surface area is 113 Å². The highest BCUT2D eigenvalue weighted by molar-refractivity contribution is 9.10. The molecule has 1 aromatic heterocycles. The monoisotopic (exact) mass is 318 g/mol. The summed E-state index contributed by atoms with van der Waals surface area (Å²) >= 11 is 3.22. The van der Waals surface area contributed by atoms with Crippen LogP contribution in [0, 0.1) is 0 Å². The molecule has 1 aromatic rings. The molecule has 0 bridgehead atoms. The summed E-state index contributed by atoms with van der Waals surface area (Å²) in [5.41, 5.74) is -0.278. The Morgan fingerprint density at radius 2 is 1.89 bits per heavy atom. The van der Waals surface area contributed by atoms with Crippen LogP contribution in [-0.4, -0.2) is 51.9 Å². The zero-order valence-corrected chi connectivity index (χ0v) is 11.3. The smallest absolute Gasteiger partial charge is 0.251 e. The van der Waals surface area contributed by atoms with Crippen LogP contribution in [0.4, 0.5) is 0 Å². The number of carbonyl (C=O) groups is 1. The van der Waals surface area contributed by atoms with Crippen LogP contribution < -0.4 is 5.56 Å². The molecule has 0 unspecified atom stereocenters. The van der Waals surface area contributed by atoms with Gasteiger partial charge in [0.2, 0.25) is 5.91 Å². The van der Waals surface area contributed by atoms with Gasteiger partial charge < -0.3 is 19.7 Å². The molecule has 0 aliphatic heterocycles. The van der Waals surface area contributed by atoms with Gasteiger partial charge in [0.1, 0.15) is 6.54 Å². The van der Waals surface area contributed by atoms with Gasteiger partial charge >= 0.3 is 0 Å². The standard InChI is InChI=1S/C11H15BrN2O4/c12-9-1-2-10(17)14(7-9)8-11(18)13(3-5-15)4-6-16/h1-2,7,15-16H,3-6,8H2. The van der Waals surface area contributed by atoms with Crippen LogP contribution in [0.1, 0.15) is 0 Å². The third kappa shape index (κ3) is 4.25. The Hall–Kier alpha value is -1.18. The van der Waals surface area contributed by atoms with Crippen LogP contribution in [0.2, 0.25) is 0 Å². The summed E-state index contributed by atoms with van der Waals surface area (Å²) in [6.45, 7) is -0.194. The molecule has 0 aromatic carbocycles. The van der Waals surface area contributed by atoms with Crippen molar-refractivity contribution in [1.29, 1.82) is 0 Å².